The predicted molar refractivity (Wildman–Crippen MR) is 60.0 cm³/mol. The first-order valence-electron chi connectivity index (χ1n) is 4.59. The number of H-pyrrole nitrogens is 1. The van der Waals surface area contributed by atoms with Crippen LogP contribution in [0.15, 0.2) is 16.7 Å². The third-order valence-electron chi connectivity index (χ3n) is 2.56. The zero-order valence-electron chi connectivity index (χ0n) is 7.84. The number of hydrogen-bond donors (Lipinski definition) is 2. The summed E-state index contributed by atoms with van der Waals surface area (Å²) in [7, 11) is 0. The van der Waals surface area contributed by atoms with E-state index >= 15 is 0 Å². The van der Waals surface area contributed by atoms with E-state index in [2.05, 4.69) is 20.9 Å². The number of halogens is 1. The topological polar surface area (TPSA) is 60.3 Å². The third kappa shape index (κ3) is 1.16. The molecule has 2 aromatic rings. The molecular formula is C10H9BrN2O2. The Labute approximate surface area is 94.5 Å². The van der Waals surface area contributed by atoms with E-state index in [1.807, 2.05) is 12.3 Å². The van der Waals surface area contributed by atoms with E-state index in [0.717, 1.165) is 32.4 Å². The highest BCUT2D eigenvalue weighted by Crippen LogP contribution is 2.44. The van der Waals surface area contributed by atoms with Crippen LogP contribution in [0.25, 0.3) is 10.9 Å². The van der Waals surface area contributed by atoms with Crippen molar-refractivity contribution < 1.29 is 9.47 Å². The first-order valence-corrected chi connectivity index (χ1v) is 5.38. The van der Waals surface area contributed by atoms with Gasteiger partial charge in [0.05, 0.1) is 9.99 Å². The Balaban J connectivity index is 2.37. The fourth-order valence-electron chi connectivity index (χ4n) is 1.80. The molecule has 0 spiro atoms. The Morgan fingerprint density at radius 3 is 3.13 bits per heavy atom. The summed E-state index contributed by atoms with van der Waals surface area (Å²) >= 11 is 3.50. The molecule has 0 aliphatic carbocycles. The van der Waals surface area contributed by atoms with E-state index in [-0.39, 0.29) is 6.79 Å². The number of nitrogens with one attached hydrogen (secondary N) is 1. The van der Waals surface area contributed by atoms with Gasteiger partial charge in [-0.05, 0) is 27.6 Å². The minimum atomic E-state index is 0.276. The van der Waals surface area contributed by atoms with Crippen molar-refractivity contribution in [3.8, 4) is 11.5 Å². The monoisotopic (exact) mass is 268 g/mol. The van der Waals surface area contributed by atoms with Crippen LogP contribution in [-0.2, 0) is 6.54 Å². The number of aromatic nitrogens is 1. The van der Waals surface area contributed by atoms with E-state index < -0.39 is 0 Å². The molecule has 5 heteroatoms. The molecule has 0 saturated carbocycles. The van der Waals surface area contributed by atoms with E-state index in [4.69, 9.17) is 15.2 Å². The average molecular weight is 269 g/mol. The van der Waals surface area contributed by atoms with Gasteiger partial charge in [0.15, 0.2) is 11.5 Å². The van der Waals surface area contributed by atoms with Crippen LogP contribution in [0.1, 0.15) is 5.56 Å². The summed E-state index contributed by atoms with van der Waals surface area (Å²) in [4.78, 5) is 3.17. The summed E-state index contributed by atoms with van der Waals surface area (Å²) in [6, 6.07) is 1.96. The minimum absolute atomic E-state index is 0.276. The molecule has 2 heterocycles. The normalized spacial score (nSPS) is 13.7. The Hall–Kier alpha value is -1.20. The quantitative estimate of drug-likeness (QED) is 0.833. The van der Waals surface area contributed by atoms with Crippen molar-refractivity contribution in [2.45, 2.75) is 6.54 Å². The van der Waals surface area contributed by atoms with Crippen LogP contribution in [-0.4, -0.2) is 11.8 Å². The number of ether oxygens (including phenoxy) is 2. The predicted octanol–water partition coefficient (Wildman–Crippen LogP) is 2.12. The van der Waals surface area contributed by atoms with Gasteiger partial charge in [-0.25, -0.2) is 0 Å². The van der Waals surface area contributed by atoms with Crippen molar-refractivity contribution in [1.82, 2.24) is 4.98 Å². The Morgan fingerprint density at radius 2 is 2.33 bits per heavy atom. The standard InChI is InChI=1S/C10H9BrN2O2/c11-8-9-6(5(2-12)3-13-9)1-7-10(8)15-4-14-7/h1,3,13H,2,4,12H2. The molecule has 0 bridgehead atoms. The summed E-state index contributed by atoms with van der Waals surface area (Å²) in [6.45, 7) is 0.782. The van der Waals surface area contributed by atoms with E-state index in [9.17, 15) is 0 Å². The lowest BCUT2D eigenvalue weighted by Gasteiger charge is -2.01. The van der Waals surface area contributed by atoms with Gasteiger partial charge in [-0.3, -0.25) is 0 Å². The maximum absolute atomic E-state index is 5.65. The molecule has 1 aromatic heterocycles. The van der Waals surface area contributed by atoms with Gasteiger partial charge in [-0.2, -0.15) is 0 Å². The zero-order valence-corrected chi connectivity index (χ0v) is 9.43. The fraction of sp³-hybridized carbons (Fsp3) is 0.200. The first-order chi connectivity index (χ1) is 7.31. The van der Waals surface area contributed by atoms with Crippen LogP contribution in [0.5, 0.6) is 11.5 Å². The van der Waals surface area contributed by atoms with Crippen molar-refractivity contribution in [3.63, 3.8) is 0 Å². The number of aromatic amines is 1. The smallest absolute Gasteiger partial charge is 0.231 e. The van der Waals surface area contributed by atoms with Gasteiger partial charge < -0.3 is 20.2 Å². The number of nitrogens with two attached hydrogens (primary N) is 1. The first kappa shape index (κ1) is 9.06. The lowest BCUT2D eigenvalue weighted by Crippen LogP contribution is -1.94. The zero-order chi connectivity index (χ0) is 10.4. The van der Waals surface area contributed by atoms with Gasteiger partial charge in [-0.15, -0.1) is 0 Å². The molecule has 0 atom stereocenters. The van der Waals surface area contributed by atoms with Gasteiger partial charge in [0.25, 0.3) is 0 Å². The molecule has 1 aliphatic heterocycles. The van der Waals surface area contributed by atoms with Crippen LogP contribution < -0.4 is 15.2 Å². The van der Waals surface area contributed by atoms with E-state index in [0.29, 0.717) is 6.54 Å². The third-order valence-corrected chi connectivity index (χ3v) is 3.32. The molecule has 1 aromatic carbocycles. The van der Waals surface area contributed by atoms with Gasteiger partial charge in [-0.1, -0.05) is 0 Å². The van der Waals surface area contributed by atoms with Gasteiger partial charge in [0.1, 0.15) is 0 Å². The highest BCUT2D eigenvalue weighted by molar-refractivity contribution is 9.10. The molecule has 3 rings (SSSR count). The van der Waals surface area contributed by atoms with Gasteiger partial charge in [0.2, 0.25) is 6.79 Å². The lowest BCUT2D eigenvalue weighted by atomic mass is 10.1. The van der Waals surface area contributed by atoms with Crippen LogP contribution in [0, 0.1) is 0 Å². The second-order valence-corrected chi connectivity index (χ2v) is 4.16. The summed E-state index contributed by atoms with van der Waals surface area (Å²) < 4.78 is 11.6. The highest BCUT2D eigenvalue weighted by atomic mass is 79.9. The molecule has 0 unspecified atom stereocenters. The van der Waals surface area contributed by atoms with E-state index in [1.165, 1.54) is 0 Å². The molecule has 1 aliphatic rings. The maximum Gasteiger partial charge on any atom is 0.231 e. The summed E-state index contributed by atoms with van der Waals surface area (Å²) in [6.07, 6.45) is 1.91. The second-order valence-electron chi connectivity index (χ2n) is 3.36. The summed E-state index contributed by atoms with van der Waals surface area (Å²) in [5.74, 6) is 1.52. The molecule has 4 nitrogen and oxygen atoms in total. The number of rotatable bonds is 1. The summed E-state index contributed by atoms with van der Waals surface area (Å²) in [5.41, 5.74) is 7.72. The van der Waals surface area contributed by atoms with Crippen molar-refractivity contribution >= 4 is 26.8 Å². The van der Waals surface area contributed by atoms with Crippen molar-refractivity contribution in [1.29, 1.82) is 0 Å². The SMILES string of the molecule is NCc1c[nH]c2c(Br)c3c(cc12)OCO3. The number of fused-ring (bicyclic) bond motifs is 2. The van der Waals surface area contributed by atoms with Crippen molar-refractivity contribution in [3.05, 3.63) is 22.3 Å². The molecule has 78 valence electrons. The largest absolute Gasteiger partial charge is 0.454 e. The number of benzene rings is 1. The van der Waals surface area contributed by atoms with Crippen LogP contribution in [0.4, 0.5) is 0 Å². The van der Waals surface area contributed by atoms with E-state index in [1.54, 1.807) is 0 Å². The Morgan fingerprint density at radius 1 is 1.47 bits per heavy atom. The molecule has 0 fully saturated rings. The molecular weight excluding hydrogens is 260 g/mol. The van der Waals surface area contributed by atoms with Gasteiger partial charge in [0, 0.05) is 18.1 Å². The number of hydrogen-bond acceptors (Lipinski definition) is 3. The molecule has 0 amide bonds. The van der Waals surface area contributed by atoms with Crippen molar-refractivity contribution in [2.75, 3.05) is 6.79 Å². The maximum atomic E-state index is 5.65. The van der Waals surface area contributed by atoms with Crippen LogP contribution >= 0.6 is 15.9 Å². The molecule has 0 saturated heterocycles. The minimum Gasteiger partial charge on any atom is -0.454 e. The lowest BCUT2D eigenvalue weighted by molar-refractivity contribution is 0.173. The molecule has 3 N–H and O–H groups in total. The van der Waals surface area contributed by atoms with Crippen LogP contribution in [0.3, 0.4) is 0 Å². The van der Waals surface area contributed by atoms with Crippen LogP contribution in [0.2, 0.25) is 0 Å². The molecule has 15 heavy (non-hydrogen) atoms. The Kier molecular flexibility index (Phi) is 1.90. The van der Waals surface area contributed by atoms with Crippen molar-refractivity contribution in [2.24, 2.45) is 5.73 Å². The Bertz CT molecular complexity index is 536. The fourth-order valence-corrected chi connectivity index (χ4v) is 2.44. The van der Waals surface area contributed by atoms with Gasteiger partial charge >= 0.3 is 0 Å². The summed E-state index contributed by atoms with van der Waals surface area (Å²) in [5, 5.41) is 1.08. The average Bonchev–Trinajstić information content (AvgIpc) is 2.83. The molecule has 0 radical (unpaired) electrons. The second kappa shape index (κ2) is 3.15. The highest BCUT2D eigenvalue weighted by Gasteiger charge is 2.21.